The minimum absolute atomic E-state index is 0.0599. The highest BCUT2D eigenvalue weighted by Gasteiger charge is 2.09. The summed E-state index contributed by atoms with van der Waals surface area (Å²) in [5.74, 6) is 1.73. The molecule has 0 fully saturated rings. The second kappa shape index (κ2) is 6.72. The molecule has 108 valence electrons. The zero-order valence-electron chi connectivity index (χ0n) is 11.6. The van der Waals surface area contributed by atoms with E-state index >= 15 is 0 Å². The van der Waals surface area contributed by atoms with E-state index in [9.17, 15) is 0 Å². The van der Waals surface area contributed by atoms with Crippen molar-refractivity contribution in [2.45, 2.75) is 39.3 Å². The number of halogens is 1. The highest BCUT2D eigenvalue weighted by Crippen LogP contribution is 2.27. The van der Waals surface area contributed by atoms with Gasteiger partial charge in [0.05, 0.1) is 5.02 Å². The molecule has 0 aliphatic heterocycles. The summed E-state index contributed by atoms with van der Waals surface area (Å²) in [6.45, 7) is 4.19. The van der Waals surface area contributed by atoms with Gasteiger partial charge < -0.3 is 15.0 Å². The van der Waals surface area contributed by atoms with Gasteiger partial charge >= 0.3 is 0 Å². The fourth-order valence-corrected chi connectivity index (χ4v) is 1.97. The third kappa shape index (κ3) is 3.71. The molecule has 1 unspecified atom stereocenters. The van der Waals surface area contributed by atoms with Crippen molar-refractivity contribution in [3.63, 3.8) is 0 Å². The minimum atomic E-state index is -0.0599. The lowest BCUT2D eigenvalue weighted by atomic mass is 10.1. The molecule has 1 atom stereocenters. The van der Waals surface area contributed by atoms with E-state index in [0.29, 0.717) is 22.5 Å². The van der Waals surface area contributed by atoms with Crippen LogP contribution < -0.4 is 10.5 Å². The first kappa shape index (κ1) is 14.8. The average Bonchev–Trinajstić information content (AvgIpc) is 2.85. The summed E-state index contributed by atoms with van der Waals surface area (Å²) in [6.07, 6.45) is 1.74. The van der Waals surface area contributed by atoms with Gasteiger partial charge in [0.1, 0.15) is 5.75 Å². The first-order chi connectivity index (χ1) is 9.60. The van der Waals surface area contributed by atoms with Gasteiger partial charge in [-0.3, -0.25) is 0 Å². The number of hydrogen-bond donors (Lipinski definition) is 1. The van der Waals surface area contributed by atoms with Gasteiger partial charge in [-0.2, -0.15) is 4.98 Å². The van der Waals surface area contributed by atoms with Crippen LogP contribution in [0.15, 0.2) is 22.7 Å². The van der Waals surface area contributed by atoms with E-state index in [1.165, 1.54) is 0 Å². The van der Waals surface area contributed by atoms with Crippen LogP contribution >= 0.6 is 11.6 Å². The van der Waals surface area contributed by atoms with Crippen molar-refractivity contribution in [1.82, 2.24) is 10.1 Å². The number of nitrogens with zero attached hydrogens (tertiary/aromatic N) is 2. The third-order valence-corrected chi connectivity index (χ3v) is 3.11. The molecule has 2 aromatic rings. The van der Waals surface area contributed by atoms with Crippen molar-refractivity contribution >= 4 is 11.6 Å². The molecule has 0 radical (unpaired) electrons. The summed E-state index contributed by atoms with van der Waals surface area (Å²) in [5.41, 5.74) is 6.76. The quantitative estimate of drug-likeness (QED) is 0.885. The number of ether oxygens (including phenoxy) is 1. The Kier molecular flexibility index (Phi) is 4.98. The maximum atomic E-state index is 6.15. The Labute approximate surface area is 123 Å². The van der Waals surface area contributed by atoms with E-state index in [-0.39, 0.29) is 12.6 Å². The molecule has 2 rings (SSSR count). The minimum Gasteiger partial charge on any atom is -0.484 e. The van der Waals surface area contributed by atoms with E-state index in [1.54, 1.807) is 12.1 Å². The van der Waals surface area contributed by atoms with Crippen LogP contribution in [-0.4, -0.2) is 10.1 Å². The first-order valence-electron chi connectivity index (χ1n) is 6.59. The zero-order valence-corrected chi connectivity index (χ0v) is 12.4. The lowest BCUT2D eigenvalue weighted by Crippen LogP contribution is -2.05. The van der Waals surface area contributed by atoms with E-state index in [1.807, 2.05) is 13.0 Å². The van der Waals surface area contributed by atoms with Crippen molar-refractivity contribution in [2.75, 3.05) is 0 Å². The topological polar surface area (TPSA) is 74.2 Å². The molecule has 1 aromatic heterocycles. The van der Waals surface area contributed by atoms with Gasteiger partial charge in [-0.1, -0.05) is 29.7 Å². The Morgan fingerprint density at radius 1 is 1.45 bits per heavy atom. The van der Waals surface area contributed by atoms with E-state index < -0.39 is 0 Å². The molecule has 1 aromatic carbocycles. The molecule has 2 N–H and O–H groups in total. The number of nitrogens with two attached hydrogens (primary N) is 1. The van der Waals surface area contributed by atoms with Crippen LogP contribution in [0.1, 0.15) is 43.6 Å². The molecule has 0 spiro atoms. The van der Waals surface area contributed by atoms with Crippen molar-refractivity contribution in [1.29, 1.82) is 0 Å². The number of aryl methyl sites for hydroxylation is 1. The molecular formula is C14H18ClN3O2. The van der Waals surface area contributed by atoms with Gasteiger partial charge in [-0.25, -0.2) is 0 Å². The van der Waals surface area contributed by atoms with Gasteiger partial charge in [-0.05, 0) is 31.0 Å². The fraction of sp³-hybridized carbons (Fsp3) is 0.429. The summed E-state index contributed by atoms with van der Waals surface area (Å²) in [7, 11) is 0. The van der Waals surface area contributed by atoms with Crippen LogP contribution in [0, 0.1) is 0 Å². The Balaban J connectivity index is 1.99. The van der Waals surface area contributed by atoms with E-state index in [2.05, 4.69) is 17.1 Å². The van der Waals surface area contributed by atoms with Crippen LogP contribution in [0.25, 0.3) is 0 Å². The Bertz CT molecular complexity index is 569. The lowest BCUT2D eigenvalue weighted by molar-refractivity contribution is 0.285. The Morgan fingerprint density at radius 2 is 2.25 bits per heavy atom. The summed E-state index contributed by atoms with van der Waals surface area (Å²) < 4.78 is 10.7. The number of hydrogen-bond acceptors (Lipinski definition) is 5. The number of rotatable bonds is 6. The monoisotopic (exact) mass is 295 g/mol. The van der Waals surface area contributed by atoms with Crippen LogP contribution in [0.3, 0.4) is 0 Å². The van der Waals surface area contributed by atoms with Crippen LogP contribution in [0.4, 0.5) is 0 Å². The molecule has 6 heteroatoms. The predicted molar refractivity (Wildman–Crippen MR) is 76.7 cm³/mol. The predicted octanol–water partition coefficient (Wildman–Crippen LogP) is 3.27. The Morgan fingerprint density at radius 3 is 2.90 bits per heavy atom. The van der Waals surface area contributed by atoms with Crippen molar-refractivity contribution in [2.24, 2.45) is 5.73 Å². The molecule has 0 bridgehead atoms. The SMILES string of the molecule is CCCc1nc(COc2ccc(C(C)N)cc2Cl)no1. The van der Waals surface area contributed by atoms with E-state index in [4.69, 9.17) is 26.6 Å². The smallest absolute Gasteiger partial charge is 0.226 e. The summed E-state index contributed by atoms with van der Waals surface area (Å²) in [4.78, 5) is 4.22. The maximum Gasteiger partial charge on any atom is 0.226 e. The summed E-state index contributed by atoms with van der Waals surface area (Å²) in [6, 6.07) is 5.44. The normalized spacial score (nSPS) is 12.4. The summed E-state index contributed by atoms with van der Waals surface area (Å²) >= 11 is 6.15. The number of benzene rings is 1. The third-order valence-electron chi connectivity index (χ3n) is 2.81. The van der Waals surface area contributed by atoms with Gasteiger partial charge in [-0.15, -0.1) is 0 Å². The molecule has 0 saturated carbocycles. The Hall–Kier alpha value is -1.59. The van der Waals surface area contributed by atoms with Gasteiger partial charge in [0.2, 0.25) is 11.7 Å². The largest absolute Gasteiger partial charge is 0.484 e. The number of aromatic nitrogens is 2. The standard InChI is InChI=1S/C14H18ClN3O2/c1-3-4-14-17-13(18-20-14)8-19-12-6-5-10(9(2)16)7-11(12)15/h5-7,9H,3-4,8,16H2,1-2H3. The molecule has 0 amide bonds. The van der Waals surface area contributed by atoms with Crippen LogP contribution in [0.2, 0.25) is 5.02 Å². The van der Waals surface area contributed by atoms with Gasteiger partial charge in [0.15, 0.2) is 6.61 Å². The lowest BCUT2D eigenvalue weighted by Gasteiger charge is -2.10. The molecular weight excluding hydrogens is 278 g/mol. The highest BCUT2D eigenvalue weighted by molar-refractivity contribution is 6.32. The second-order valence-corrected chi connectivity index (χ2v) is 5.03. The van der Waals surface area contributed by atoms with Crippen LogP contribution in [-0.2, 0) is 13.0 Å². The molecule has 5 nitrogen and oxygen atoms in total. The average molecular weight is 296 g/mol. The highest BCUT2D eigenvalue weighted by atomic mass is 35.5. The molecule has 0 saturated heterocycles. The van der Waals surface area contributed by atoms with Gasteiger partial charge in [0.25, 0.3) is 0 Å². The summed E-state index contributed by atoms with van der Waals surface area (Å²) in [5, 5.41) is 4.38. The molecule has 1 heterocycles. The van der Waals surface area contributed by atoms with Crippen molar-refractivity contribution < 1.29 is 9.26 Å². The van der Waals surface area contributed by atoms with Crippen molar-refractivity contribution in [3.05, 3.63) is 40.5 Å². The molecule has 0 aliphatic carbocycles. The second-order valence-electron chi connectivity index (χ2n) is 4.62. The molecule has 20 heavy (non-hydrogen) atoms. The van der Waals surface area contributed by atoms with E-state index in [0.717, 1.165) is 18.4 Å². The maximum absolute atomic E-state index is 6.15. The van der Waals surface area contributed by atoms with Crippen molar-refractivity contribution in [3.8, 4) is 5.75 Å². The fourth-order valence-electron chi connectivity index (χ4n) is 1.72. The molecule has 0 aliphatic rings. The van der Waals surface area contributed by atoms with Crippen LogP contribution in [0.5, 0.6) is 5.75 Å². The zero-order chi connectivity index (χ0) is 14.5. The first-order valence-corrected chi connectivity index (χ1v) is 6.97. The van der Waals surface area contributed by atoms with Gasteiger partial charge in [0, 0.05) is 12.5 Å².